The molecule has 2 rings (SSSR count). The maximum Gasteiger partial charge on any atom is 0.156 e. The van der Waals surface area contributed by atoms with Gasteiger partial charge in [-0.1, -0.05) is 61.9 Å². The Balaban J connectivity index is 0.00000364. The van der Waals surface area contributed by atoms with Crippen molar-refractivity contribution in [1.29, 1.82) is 0 Å². The van der Waals surface area contributed by atoms with Gasteiger partial charge in [0.25, 0.3) is 0 Å². The third kappa shape index (κ3) is 5.27. The normalized spacial score (nSPS) is 18.3. The van der Waals surface area contributed by atoms with Crippen molar-refractivity contribution in [1.82, 2.24) is 4.90 Å². The molecular weight excluding hydrogens is 358 g/mol. The molecule has 1 saturated carbocycles. The number of benzene rings is 1. The summed E-state index contributed by atoms with van der Waals surface area (Å²) in [7, 11) is 0. The van der Waals surface area contributed by atoms with E-state index in [-0.39, 0.29) is 30.0 Å². The predicted molar refractivity (Wildman–Crippen MR) is 115 cm³/mol. The highest BCUT2D eigenvalue weighted by Gasteiger charge is 2.50. The third-order valence-corrected chi connectivity index (χ3v) is 6.05. The molecule has 1 aromatic rings. The second-order valence-electron chi connectivity index (χ2n) is 8.54. The van der Waals surface area contributed by atoms with E-state index < -0.39 is 5.60 Å². The van der Waals surface area contributed by atoms with Crippen LogP contribution >= 0.6 is 12.4 Å². The van der Waals surface area contributed by atoms with Gasteiger partial charge in [0.05, 0.1) is 13.2 Å². The molecule has 2 N–H and O–H groups in total. The molecule has 152 valence electrons. The van der Waals surface area contributed by atoms with Gasteiger partial charge in [0.15, 0.2) is 5.60 Å². The molecule has 0 aliphatic heterocycles. The Bertz CT molecular complexity index is 623. The summed E-state index contributed by atoms with van der Waals surface area (Å²) >= 11 is 0. The maximum absolute atomic E-state index is 11.8. The van der Waals surface area contributed by atoms with Crippen LogP contribution in [0.5, 0.6) is 0 Å². The maximum atomic E-state index is 11.8. The van der Waals surface area contributed by atoms with Gasteiger partial charge in [-0.15, -0.1) is 12.4 Å². The minimum atomic E-state index is -1.12. The second kappa shape index (κ2) is 9.94. The molecule has 0 aromatic heterocycles. The molecule has 27 heavy (non-hydrogen) atoms. The number of aliphatic hydroxyl groups excluding tert-OH is 1. The van der Waals surface area contributed by atoms with E-state index in [1.165, 1.54) is 0 Å². The van der Waals surface area contributed by atoms with Crippen molar-refractivity contribution >= 4 is 12.4 Å². The number of nitrogens with zero attached hydrogens (tertiary/aromatic N) is 1. The van der Waals surface area contributed by atoms with Crippen LogP contribution in [0, 0.1) is 17.3 Å². The van der Waals surface area contributed by atoms with Crippen LogP contribution < -0.4 is 0 Å². The van der Waals surface area contributed by atoms with Crippen molar-refractivity contribution in [3.63, 3.8) is 0 Å². The Morgan fingerprint density at radius 3 is 2.19 bits per heavy atom. The number of rotatable bonds is 6. The second-order valence-corrected chi connectivity index (χ2v) is 8.54. The summed E-state index contributed by atoms with van der Waals surface area (Å²) in [4.78, 5) is 2.15. The monoisotopic (exact) mass is 393 g/mol. The van der Waals surface area contributed by atoms with Crippen LogP contribution in [0.1, 0.15) is 65.4 Å². The van der Waals surface area contributed by atoms with Crippen LogP contribution in [0.4, 0.5) is 0 Å². The van der Waals surface area contributed by atoms with Gasteiger partial charge in [-0.05, 0) is 45.6 Å². The van der Waals surface area contributed by atoms with Crippen molar-refractivity contribution in [2.75, 3.05) is 19.7 Å². The highest BCUT2D eigenvalue weighted by molar-refractivity contribution is 5.85. The molecule has 0 amide bonds. The van der Waals surface area contributed by atoms with Gasteiger partial charge >= 0.3 is 0 Å². The molecule has 0 heterocycles. The summed E-state index contributed by atoms with van der Waals surface area (Å²) in [5.41, 5.74) is -0.466. The first-order chi connectivity index (χ1) is 12.3. The minimum Gasteiger partial charge on any atom is -0.395 e. The summed E-state index contributed by atoms with van der Waals surface area (Å²) < 4.78 is 0. The van der Waals surface area contributed by atoms with E-state index in [0.717, 1.165) is 37.7 Å². The van der Waals surface area contributed by atoms with Crippen molar-refractivity contribution in [3.8, 4) is 11.8 Å². The number of aliphatic hydroxyl groups is 2. The molecule has 0 spiro atoms. The fourth-order valence-corrected chi connectivity index (χ4v) is 4.25. The lowest BCUT2D eigenvalue weighted by Gasteiger charge is -2.42. The van der Waals surface area contributed by atoms with E-state index >= 15 is 0 Å². The highest BCUT2D eigenvalue weighted by atomic mass is 35.5. The fraction of sp³-hybridized carbons (Fsp3) is 0.652. The molecule has 1 unspecified atom stereocenters. The minimum absolute atomic E-state index is 0. The number of hydrogen-bond donors (Lipinski definition) is 2. The molecule has 1 aliphatic rings. The lowest BCUT2D eigenvalue weighted by atomic mass is 9.65. The highest BCUT2D eigenvalue weighted by Crippen LogP contribution is 2.53. The van der Waals surface area contributed by atoms with Crippen molar-refractivity contribution in [2.45, 2.75) is 70.9 Å². The quantitative estimate of drug-likeness (QED) is 0.705. The van der Waals surface area contributed by atoms with Crippen molar-refractivity contribution < 1.29 is 10.2 Å². The number of halogens is 1. The Morgan fingerprint density at radius 2 is 1.70 bits per heavy atom. The SMILES string of the molecule is CCC1(C(O)(C#CCN(CCO)C(C)(C)C)c2ccccc2)CCCC1.Cl. The molecule has 1 aliphatic carbocycles. The molecule has 1 aromatic carbocycles. The molecule has 0 bridgehead atoms. The summed E-state index contributed by atoms with van der Waals surface area (Å²) in [6, 6.07) is 9.94. The Morgan fingerprint density at radius 1 is 1.11 bits per heavy atom. The molecule has 4 heteroatoms. The summed E-state index contributed by atoms with van der Waals surface area (Å²) in [6.07, 6.45) is 5.27. The molecule has 3 nitrogen and oxygen atoms in total. The summed E-state index contributed by atoms with van der Waals surface area (Å²) in [5, 5.41) is 21.2. The smallest absolute Gasteiger partial charge is 0.156 e. The molecule has 1 fully saturated rings. The van der Waals surface area contributed by atoms with E-state index in [9.17, 15) is 10.2 Å². The summed E-state index contributed by atoms with van der Waals surface area (Å²) in [6.45, 7) is 9.78. The third-order valence-electron chi connectivity index (χ3n) is 6.05. The first-order valence-corrected chi connectivity index (χ1v) is 9.93. The zero-order valence-corrected chi connectivity index (χ0v) is 18.1. The Kier molecular flexibility index (Phi) is 8.83. The van der Waals surface area contributed by atoms with Crippen molar-refractivity contribution in [2.24, 2.45) is 5.41 Å². The topological polar surface area (TPSA) is 43.7 Å². The van der Waals surface area contributed by atoms with E-state index in [1.807, 2.05) is 30.3 Å². The van der Waals surface area contributed by atoms with Crippen molar-refractivity contribution in [3.05, 3.63) is 35.9 Å². The van der Waals surface area contributed by atoms with Gasteiger partial charge in [0, 0.05) is 17.5 Å². The average molecular weight is 394 g/mol. The fourth-order valence-electron chi connectivity index (χ4n) is 4.25. The lowest BCUT2D eigenvalue weighted by molar-refractivity contribution is -0.0423. The van der Waals surface area contributed by atoms with Gasteiger partial charge in [-0.2, -0.15) is 0 Å². The summed E-state index contributed by atoms with van der Waals surface area (Å²) in [5.74, 6) is 6.56. The van der Waals surface area contributed by atoms with Crippen LogP contribution in [0.25, 0.3) is 0 Å². The Labute approximate surface area is 171 Å². The molecule has 0 radical (unpaired) electrons. The van der Waals surface area contributed by atoms with Gasteiger partial charge < -0.3 is 10.2 Å². The van der Waals surface area contributed by atoms with Gasteiger partial charge in [-0.25, -0.2) is 0 Å². The predicted octanol–water partition coefficient (Wildman–Crippen LogP) is 4.36. The molecular formula is C23H36ClNO2. The lowest BCUT2D eigenvalue weighted by Crippen LogP contribution is -2.44. The van der Waals surface area contributed by atoms with Crippen LogP contribution in [-0.4, -0.2) is 40.3 Å². The van der Waals surface area contributed by atoms with Crippen LogP contribution in [0.3, 0.4) is 0 Å². The van der Waals surface area contributed by atoms with Crippen LogP contribution in [0.2, 0.25) is 0 Å². The largest absolute Gasteiger partial charge is 0.395 e. The first-order valence-electron chi connectivity index (χ1n) is 9.93. The number of β-amino-alcohol motifs (C(OH)–C–C–N with tert-alkyl or cyclic N) is 1. The number of hydrogen-bond acceptors (Lipinski definition) is 3. The standard InChI is InChI=1S/C23H35NO2.ClH/c1-5-22(14-9-10-15-22)23(26,20-12-7-6-8-13-20)16-11-17-24(18-19-25)21(2,3)4;/h6-8,12-13,25-26H,5,9-10,14-15,17-19H2,1-4H3;1H. The zero-order valence-electron chi connectivity index (χ0n) is 17.3. The van der Waals surface area contributed by atoms with Gasteiger partial charge in [0.1, 0.15) is 0 Å². The van der Waals surface area contributed by atoms with E-state index in [0.29, 0.717) is 13.1 Å². The van der Waals surface area contributed by atoms with E-state index in [1.54, 1.807) is 0 Å². The Hall–Kier alpha value is -1.05. The van der Waals surface area contributed by atoms with Gasteiger partial charge in [-0.3, -0.25) is 4.90 Å². The zero-order chi connectivity index (χ0) is 19.3. The first kappa shape index (κ1) is 24.0. The van der Waals surface area contributed by atoms with E-state index in [2.05, 4.69) is 44.4 Å². The average Bonchev–Trinajstić information content (AvgIpc) is 3.11. The molecule has 0 saturated heterocycles. The van der Waals surface area contributed by atoms with Crippen LogP contribution in [-0.2, 0) is 5.60 Å². The van der Waals surface area contributed by atoms with Gasteiger partial charge in [0.2, 0.25) is 0 Å². The van der Waals surface area contributed by atoms with E-state index in [4.69, 9.17) is 0 Å². The molecule has 1 atom stereocenters. The van der Waals surface area contributed by atoms with Crippen LogP contribution in [0.15, 0.2) is 30.3 Å².